The molecule has 1 atom stereocenters. The lowest BCUT2D eigenvalue weighted by Gasteiger charge is -2.16. The molecule has 136 valence electrons. The van der Waals surface area contributed by atoms with Gasteiger partial charge >= 0.3 is 5.97 Å². The molecule has 0 amide bonds. The molecule has 1 N–H and O–H groups in total. The van der Waals surface area contributed by atoms with Gasteiger partial charge in [0.25, 0.3) is 0 Å². The maximum atomic E-state index is 11.8. The number of aliphatic imine (C=N–C) groups is 1. The number of halogens is 1. The van der Waals surface area contributed by atoms with Crippen LogP contribution < -0.4 is 10.1 Å². The standard InChI is InChI=1S/C19H19BrN2O3S/c1-24-14-5-8-16-12(9-14)11-21-17(10-18(23)25-2)19(22-16)26-15-6-3-13(20)4-7-15/h3-9,11,17,22,26H,10H2,1-2H3/t17-/m0/s1. The number of hydrogen-bond donors (Lipinski definition) is 2. The molecule has 0 spiro atoms. The highest BCUT2D eigenvalue weighted by Crippen LogP contribution is 2.26. The number of rotatable bonds is 4. The number of nitrogens with one attached hydrogen (secondary N) is 1. The van der Waals surface area contributed by atoms with Crippen LogP contribution in [0.5, 0.6) is 5.75 Å². The summed E-state index contributed by atoms with van der Waals surface area (Å²) in [6.45, 7) is 0. The van der Waals surface area contributed by atoms with Crippen molar-refractivity contribution in [2.75, 3.05) is 19.5 Å². The Kier molecular flexibility index (Phi) is 6.11. The molecule has 1 heterocycles. The van der Waals surface area contributed by atoms with Crippen LogP contribution in [0, 0.1) is 0 Å². The van der Waals surface area contributed by atoms with Gasteiger partial charge in [-0.2, -0.15) is 0 Å². The molecule has 3 rings (SSSR count). The summed E-state index contributed by atoms with van der Waals surface area (Å²) >= 11 is 4.41. The number of thiol groups is 1. The van der Waals surface area contributed by atoms with Gasteiger partial charge in [-0.3, -0.25) is 9.79 Å². The molecule has 5 nitrogen and oxygen atoms in total. The fourth-order valence-corrected chi connectivity index (χ4v) is 3.82. The number of fused-ring (bicyclic) bond motifs is 1. The second-order valence-corrected chi connectivity index (χ2v) is 7.76. The van der Waals surface area contributed by atoms with Crippen LogP contribution in [0.1, 0.15) is 12.0 Å². The molecule has 0 saturated carbocycles. The second kappa shape index (κ2) is 8.51. The second-order valence-electron chi connectivity index (χ2n) is 5.63. The lowest BCUT2D eigenvalue weighted by atomic mass is 10.2. The molecule has 7 heteroatoms. The third kappa shape index (κ3) is 4.53. The molecule has 0 aromatic heterocycles. The number of carbonyl (C=O) groups excluding carboxylic acids is 1. The normalized spacial score (nSPS) is 17.5. The van der Waals surface area contributed by atoms with Crippen LogP contribution in [0.3, 0.4) is 0 Å². The molecule has 1 aliphatic heterocycles. The van der Waals surface area contributed by atoms with E-state index in [1.807, 2.05) is 42.5 Å². The molecule has 2 aromatic rings. The van der Waals surface area contributed by atoms with Crippen LogP contribution in [0.15, 0.2) is 56.8 Å². The van der Waals surface area contributed by atoms with Gasteiger partial charge in [0.2, 0.25) is 0 Å². The number of esters is 1. The molecular weight excluding hydrogens is 416 g/mol. The monoisotopic (exact) mass is 434 g/mol. The summed E-state index contributed by atoms with van der Waals surface area (Å²) < 4.78 is 11.2. The zero-order valence-electron chi connectivity index (χ0n) is 14.4. The number of carbonyl (C=O) groups is 1. The van der Waals surface area contributed by atoms with Gasteiger partial charge in [0.1, 0.15) is 11.8 Å². The molecule has 1 aliphatic rings. The van der Waals surface area contributed by atoms with Crippen molar-refractivity contribution < 1.29 is 14.3 Å². The van der Waals surface area contributed by atoms with Gasteiger partial charge in [-0.15, -0.1) is 11.4 Å². The van der Waals surface area contributed by atoms with E-state index in [2.05, 4.69) is 26.2 Å². The first-order valence-corrected chi connectivity index (χ1v) is 9.67. The number of benzodiazepines with no additional fused rings is 1. The van der Waals surface area contributed by atoms with Crippen LogP contribution in [-0.4, -0.2) is 37.4 Å². The van der Waals surface area contributed by atoms with Gasteiger partial charge in [0.05, 0.1) is 25.6 Å². The van der Waals surface area contributed by atoms with Crippen molar-refractivity contribution in [3.63, 3.8) is 0 Å². The average Bonchev–Trinajstić information content (AvgIpc) is 2.82. The molecule has 0 aliphatic carbocycles. The first-order valence-electron chi connectivity index (χ1n) is 7.98. The minimum absolute atomic E-state index is 0.185. The first kappa shape index (κ1) is 18.7. The van der Waals surface area contributed by atoms with Crippen LogP contribution in [-0.2, 0) is 9.53 Å². The molecule has 0 saturated heterocycles. The SMILES string of the molecule is COC(=O)C[C@@H]1N=Cc2cc(OC)ccc2NC1=[SH]c1ccc(Br)cc1. The molecule has 0 fully saturated rings. The van der Waals surface area contributed by atoms with Crippen molar-refractivity contribution in [2.24, 2.45) is 4.99 Å². The highest BCUT2D eigenvalue weighted by atomic mass is 79.9. The number of ether oxygens (including phenoxy) is 2. The Bertz CT molecular complexity index is 866. The van der Waals surface area contributed by atoms with Crippen molar-refractivity contribution >= 4 is 50.1 Å². The summed E-state index contributed by atoms with van der Waals surface area (Å²) in [6, 6.07) is 13.5. The van der Waals surface area contributed by atoms with Gasteiger partial charge < -0.3 is 14.8 Å². The van der Waals surface area contributed by atoms with E-state index in [-0.39, 0.29) is 18.4 Å². The maximum Gasteiger partial charge on any atom is 0.308 e. The van der Waals surface area contributed by atoms with Crippen molar-refractivity contribution in [3.05, 3.63) is 52.5 Å². The molecular formula is C19H19BrN2O3S. The topological polar surface area (TPSA) is 59.9 Å². The summed E-state index contributed by atoms with van der Waals surface area (Å²) in [5.74, 6) is 0.469. The quantitative estimate of drug-likeness (QED) is 0.435. The minimum Gasteiger partial charge on any atom is -0.497 e. The summed E-state index contributed by atoms with van der Waals surface area (Å²) in [4.78, 5) is 18.5. The molecule has 26 heavy (non-hydrogen) atoms. The van der Waals surface area contributed by atoms with Gasteiger partial charge in [-0.25, -0.2) is 0 Å². The van der Waals surface area contributed by atoms with Gasteiger partial charge in [0.15, 0.2) is 0 Å². The smallest absolute Gasteiger partial charge is 0.308 e. The van der Waals surface area contributed by atoms with E-state index in [1.165, 1.54) is 7.11 Å². The number of nitrogens with zero attached hydrogens (tertiary/aromatic N) is 1. The largest absolute Gasteiger partial charge is 0.497 e. The molecule has 0 bridgehead atoms. The predicted octanol–water partition coefficient (Wildman–Crippen LogP) is 3.89. The molecule has 0 unspecified atom stereocenters. The Labute approximate surface area is 164 Å². The number of benzene rings is 2. The van der Waals surface area contributed by atoms with Gasteiger partial charge in [-0.1, -0.05) is 15.9 Å². The van der Waals surface area contributed by atoms with Crippen LogP contribution in [0.4, 0.5) is 5.69 Å². The van der Waals surface area contributed by atoms with E-state index in [4.69, 9.17) is 9.47 Å². The summed E-state index contributed by atoms with van der Waals surface area (Å²) in [5.41, 5.74) is 1.85. The number of methoxy groups -OCH3 is 2. The Balaban J connectivity index is 2.00. The zero-order chi connectivity index (χ0) is 18.5. The van der Waals surface area contributed by atoms with E-state index in [0.29, 0.717) is 0 Å². The zero-order valence-corrected chi connectivity index (χ0v) is 16.9. The summed E-state index contributed by atoms with van der Waals surface area (Å²) in [7, 11) is 3.02. The minimum atomic E-state index is -0.314. The third-order valence-electron chi connectivity index (χ3n) is 3.89. The Morgan fingerprint density at radius 3 is 2.69 bits per heavy atom. The Hall–Kier alpha value is -2.12. The number of hydrogen-bond acceptors (Lipinski definition) is 4. The van der Waals surface area contributed by atoms with E-state index in [9.17, 15) is 4.79 Å². The van der Waals surface area contributed by atoms with E-state index >= 15 is 0 Å². The molecule has 0 radical (unpaired) electrons. The lowest BCUT2D eigenvalue weighted by Crippen LogP contribution is -2.27. The van der Waals surface area contributed by atoms with Crippen molar-refractivity contribution in [1.29, 1.82) is 0 Å². The van der Waals surface area contributed by atoms with Crippen molar-refractivity contribution in [3.8, 4) is 5.75 Å². The van der Waals surface area contributed by atoms with E-state index < -0.39 is 0 Å². The summed E-state index contributed by atoms with van der Waals surface area (Å²) in [5, 5.41) is 3.46. The highest BCUT2D eigenvalue weighted by molar-refractivity contribution is 9.10. The molecule has 2 aromatic carbocycles. The fourth-order valence-electron chi connectivity index (χ4n) is 2.50. The Morgan fingerprint density at radius 2 is 2.00 bits per heavy atom. The van der Waals surface area contributed by atoms with Crippen LogP contribution >= 0.6 is 27.3 Å². The maximum absolute atomic E-state index is 11.8. The van der Waals surface area contributed by atoms with Crippen LogP contribution in [0.2, 0.25) is 0 Å². The third-order valence-corrected chi connectivity index (χ3v) is 5.63. The predicted molar refractivity (Wildman–Crippen MR) is 111 cm³/mol. The van der Waals surface area contributed by atoms with Crippen LogP contribution in [0.25, 0.3) is 0 Å². The van der Waals surface area contributed by atoms with Gasteiger partial charge in [0, 0.05) is 26.8 Å². The van der Waals surface area contributed by atoms with Crippen molar-refractivity contribution in [2.45, 2.75) is 17.4 Å². The highest BCUT2D eigenvalue weighted by Gasteiger charge is 2.21. The lowest BCUT2D eigenvalue weighted by molar-refractivity contribution is -0.140. The fraction of sp³-hybridized carbons (Fsp3) is 0.211. The van der Waals surface area contributed by atoms with E-state index in [1.54, 1.807) is 13.3 Å². The first-order chi connectivity index (χ1) is 12.6. The number of anilines is 1. The van der Waals surface area contributed by atoms with E-state index in [0.717, 1.165) is 42.7 Å². The average molecular weight is 435 g/mol. The van der Waals surface area contributed by atoms with Crippen molar-refractivity contribution in [1.82, 2.24) is 0 Å². The Morgan fingerprint density at radius 1 is 1.23 bits per heavy atom. The van der Waals surface area contributed by atoms with Gasteiger partial charge in [-0.05, 0) is 42.5 Å². The summed E-state index contributed by atoms with van der Waals surface area (Å²) in [6.07, 6.45) is 1.96.